The van der Waals surface area contributed by atoms with E-state index >= 15 is 0 Å². The second kappa shape index (κ2) is 11.9. The van der Waals surface area contributed by atoms with Crippen LogP contribution in [0.2, 0.25) is 0 Å². The molecule has 1 saturated carbocycles. The number of aliphatic hydroxyl groups excluding tert-OH is 1. The summed E-state index contributed by atoms with van der Waals surface area (Å²) in [6, 6.07) is 12.0. The largest absolute Gasteiger partial charge is 0.489 e. The molecule has 3 N–H and O–H groups in total. The van der Waals surface area contributed by atoms with E-state index in [2.05, 4.69) is 15.3 Å². The molecule has 3 atom stereocenters. The van der Waals surface area contributed by atoms with Crippen molar-refractivity contribution in [2.75, 3.05) is 26.2 Å². The van der Waals surface area contributed by atoms with Gasteiger partial charge in [0, 0.05) is 41.4 Å². The van der Waals surface area contributed by atoms with Gasteiger partial charge in [0.1, 0.15) is 40.5 Å². The monoisotopic (exact) mass is 680 g/mol. The predicted octanol–water partition coefficient (Wildman–Crippen LogP) is 4.40. The molecule has 2 amide bonds. The van der Waals surface area contributed by atoms with Gasteiger partial charge in [0.15, 0.2) is 0 Å². The Hall–Kier alpha value is -4.82. The SMILES string of the molecule is C[C@]1(C(=O)N2CC[C@@H](O)C2)COc2c1cc([C@@](O)(CNC(=O)c1cc(OC3CC3)c3ncccc3c1)C(F)(F)F)nc2-c1ccc(F)cc1. The lowest BCUT2D eigenvalue weighted by Crippen LogP contribution is -2.52. The summed E-state index contributed by atoms with van der Waals surface area (Å²) in [5.74, 6) is -1.67. The standard InChI is InChI=1S/C35H32F4N4O6/c1-33(32(46)43-12-10-23(44)16-43)18-48-30-25(33)15-27(42-29(30)19-4-6-22(36)7-5-19)34(47,35(37,38)39)17-41-31(45)21-13-20-3-2-11-40-28(20)26(14-21)49-24-8-9-24/h2-7,11,13-15,23-24,44,47H,8-10,12,16-18H2,1H3,(H,41,45)/t23-,33+,34+/m1/s1. The number of pyridine rings is 2. The predicted molar refractivity (Wildman–Crippen MR) is 167 cm³/mol. The van der Waals surface area contributed by atoms with Crippen LogP contribution in [0, 0.1) is 5.82 Å². The number of aliphatic hydroxyl groups is 2. The van der Waals surface area contributed by atoms with Crippen LogP contribution < -0.4 is 14.8 Å². The van der Waals surface area contributed by atoms with E-state index in [-0.39, 0.29) is 53.9 Å². The molecule has 3 aliphatic rings. The smallest absolute Gasteiger partial charge is 0.424 e. The molecule has 0 spiro atoms. The third-order valence-electron chi connectivity index (χ3n) is 9.26. The lowest BCUT2D eigenvalue weighted by atomic mass is 9.81. The Morgan fingerprint density at radius 2 is 1.88 bits per heavy atom. The summed E-state index contributed by atoms with van der Waals surface area (Å²) in [7, 11) is 0. The Morgan fingerprint density at radius 3 is 2.55 bits per heavy atom. The lowest BCUT2D eigenvalue weighted by molar-refractivity contribution is -0.265. The van der Waals surface area contributed by atoms with Crippen molar-refractivity contribution in [3.05, 3.63) is 83.4 Å². The van der Waals surface area contributed by atoms with Crippen molar-refractivity contribution in [1.82, 2.24) is 20.2 Å². The minimum absolute atomic E-state index is 0.00559. The number of nitrogens with zero attached hydrogens (tertiary/aromatic N) is 3. The van der Waals surface area contributed by atoms with Crippen molar-refractivity contribution >= 4 is 22.7 Å². The number of hydrogen-bond donors (Lipinski definition) is 3. The molecule has 0 bridgehead atoms. The number of amides is 2. The van der Waals surface area contributed by atoms with Crippen LogP contribution in [0.15, 0.2) is 60.8 Å². The fourth-order valence-electron chi connectivity index (χ4n) is 6.24. The highest BCUT2D eigenvalue weighted by molar-refractivity contribution is 6.00. The van der Waals surface area contributed by atoms with Crippen LogP contribution in [0.3, 0.4) is 0 Å². The van der Waals surface area contributed by atoms with Crippen molar-refractivity contribution in [2.45, 2.75) is 55.6 Å². The molecule has 2 aromatic heterocycles. The summed E-state index contributed by atoms with van der Waals surface area (Å²) < 4.78 is 70.7. The minimum atomic E-state index is -5.37. The number of benzene rings is 2. The van der Waals surface area contributed by atoms with Crippen molar-refractivity contribution in [3.63, 3.8) is 0 Å². The third kappa shape index (κ3) is 5.92. The van der Waals surface area contributed by atoms with Gasteiger partial charge in [0.25, 0.3) is 5.91 Å². The first-order valence-corrected chi connectivity index (χ1v) is 15.8. The van der Waals surface area contributed by atoms with Gasteiger partial charge in [-0.2, -0.15) is 13.2 Å². The number of ether oxygens (including phenoxy) is 2. The quantitative estimate of drug-likeness (QED) is 0.233. The Kier molecular flexibility index (Phi) is 7.98. The highest BCUT2D eigenvalue weighted by Crippen LogP contribution is 2.48. The van der Waals surface area contributed by atoms with Crippen LogP contribution in [0.1, 0.15) is 47.8 Å². The number of aromatic nitrogens is 2. The summed E-state index contributed by atoms with van der Waals surface area (Å²) in [6.07, 6.45) is -2.60. The van der Waals surface area contributed by atoms with Gasteiger partial charge < -0.3 is 29.9 Å². The molecule has 0 radical (unpaired) electrons. The van der Waals surface area contributed by atoms with Crippen molar-refractivity contribution in [1.29, 1.82) is 0 Å². The highest BCUT2D eigenvalue weighted by Gasteiger charge is 2.58. The average molecular weight is 681 g/mol. The molecule has 256 valence electrons. The molecule has 1 aliphatic carbocycles. The summed E-state index contributed by atoms with van der Waals surface area (Å²) in [5.41, 5.74) is -5.61. The molecule has 49 heavy (non-hydrogen) atoms. The number of nitrogens with one attached hydrogen (secondary N) is 1. The van der Waals surface area contributed by atoms with E-state index in [1.807, 2.05) is 0 Å². The molecular weight excluding hydrogens is 648 g/mol. The first kappa shape index (κ1) is 32.7. The van der Waals surface area contributed by atoms with Crippen LogP contribution in [0.4, 0.5) is 17.6 Å². The van der Waals surface area contributed by atoms with Gasteiger partial charge in [0.05, 0.1) is 24.4 Å². The Morgan fingerprint density at radius 1 is 1.12 bits per heavy atom. The summed E-state index contributed by atoms with van der Waals surface area (Å²) in [5, 5.41) is 24.3. The maximum atomic E-state index is 15.0. The number of β-amino-alcohol motifs (C(OH)–C–C–N with tert-alkyl or cyclic N) is 1. The minimum Gasteiger partial charge on any atom is -0.489 e. The highest BCUT2D eigenvalue weighted by atomic mass is 19.4. The molecular formula is C35H32F4N4O6. The van der Waals surface area contributed by atoms with Crippen LogP contribution in [-0.2, 0) is 15.8 Å². The number of alkyl halides is 3. The van der Waals surface area contributed by atoms with E-state index in [0.717, 1.165) is 31.0 Å². The zero-order chi connectivity index (χ0) is 34.7. The van der Waals surface area contributed by atoms with E-state index in [1.165, 1.54) is 36.1 Å². The van der Waals surface area contributed by atoms with Crippen LogP contribution >= 0.6 is 0 Å². The zero-order valence-corrected chi connectivity index (χ0v) is 26.3. The van der Waals surface area contributed by atoms with E-state index in [4.69, 9.17) is 9.47 Å². The molecule has 2 aromatic carbocycles. The number of hydrogen-bond acceptors (Lipinski definition) is 8. The second-order valence-electron chi connectivity index (χ2n) is 13.0. The van der Waals surface area contributed by atoms with Gasteiger partial charge in [-0.1, -0.05) is 6.07 Å². The van der Waals surface area contributed by atoms with Gasteiger partial charge in [-0.3, -0.25) is 14.6 Å². The Labute approximate surface area is 277 Å². The van der Waals surface area contributed by atoms with E-state index in [1.54, 1.807) is 18.3 Å². The average Bonchev–Trinajstić information content (AvgIpc) is 3.69. The first-order valence-electron chi connectivity index (χ1n) is 15.8. The molecule has 4 heterocycles. The number of rotatable bonds is 8. The number of carbonyl (C=O) groups excluding carboxylic acids is 2. The first-order chi connectivity index (χ1) is 23.3. The van der Waals surface area contributed by atoms with Gasteiger partial charge in [-0.15, -0.1) is 0 Å². The van der Waals surface area contributed by atoms with E-state index < -0.39 is 53.2 Å². The van der Waals surface area contributed by atoms with Crippen LogP contribution in [0.5, 0.6) is 11.5 Å². The molecule has 10 nitrogen and oxygen atoms in total. The van der Waals surface area contributed by atoms with Gasteiger partial charge in [-0.25, -0.2) is 9.37 Å². The molecule has 2 aliphatic heterocycles. The molecule has 0 unspecified atom stereocenters. The lowest BCUT2D eigenvalue weighted by Gasteiger charge is -2.32. The Bertz CT molecular complexity index is 1950. The topological polar surface area (TPSA) is 134 Å². The zero-order valence-electron chi connectivity index (χ0n) is 26.3. The molecule has 4 aromatic rings. The van der Waals surface area contributed by atoms with Crippen molar-refractivity contribution in [3.8, 4) is 22.8 Å². The normalized spacial score (nSPS) is 21.6. The molecule has 7 rings (SSSR count). The van der Waals surface area contributed by atoms with Crippen LogP contribution in [-0.4, -0.2) is 81.5 Å². The second-order valence-corrected chi connectivity index (χ2v) is 13.0. The molecule has 2 fully saturated rings. The van der Waals surface area contributed by atoms with E-state index in [9.17, 15) is 37.4 Å². The number of halogens is 4. The fourth-order valence-corrected chi connectivity index (χ4v) is 6.24. The Balaban J connectivity index is 1.28. The fraction of sp³-hybridized carbons (Fsp3) is 0.371. The maximum absolute atomic E-state index is 15.0. The summed E-state index contributed by atoms with van der Waals surface area (Å²) in [6.45, 7) is 0.205. The van der Waals surface area contributed by atoms with Crippen molar-refractivity contribution in [2.24, 2.45) is 0 Å². The number of carbonyl (C=O) groups is 2. The van der Waals surface area contributed by atoms with Crippen LogP contribution in [0.25, 0.3) is 22.2 Å². The maximum Gasteiger partial charge on any atom is 0.424 e. The summed E-state index contributed by atoms with van der Waals surface area (Å²) in [4.78, 5) is 37.1. The van der Waals surface area contributed by atoms with Gasteiger partial charge in [0.2, 0.25) is 11.5 Å². The number of fused-ring (bicyclic) bond motifs is 2. The van der Waals surface area contributed by atoms with Gasteiger partial charge in [-0.05, 0) is 74.7 Å². The van der Waals surface area contributed by atoms with E-state index in [0.29, 0.717) is 23.1 Å². The summed E-state index contributed by atoms with van der Waals surface area (Å²) >= 11 is 0. The molecule has 14 heteroatoms. The molecule has 1 saturated heterocycles. The van der Waals surface area contributed by atoms with Crippen molar-refractivity contribution < 1.29 is 46.8 Å². The third-order valence-corrected chi connectivity index (χ3v) is 9.26. The number of likely N-dealkylation sites (tertiary alicyclic amines) is 1. The van der Waals surface area contributed by atoms with Gasteiger partial charge >= 0.3 is 6.18 Å².